The summed E-state index contributed by atoms with van der Waals surface area (Å²) in [5, 5.41) is 2.95. The van der Waals surface area contributed by atoms with Crippen LogP contribution in [0.5, 0.6) is 0 Å². The van der Waals surface area contributed by atoms with E-state index in [9.17, 15) is 4.57 Å². The summed E-state index contributed by atoms with van der Waals surface area (Å²) in [7, 11) is -1.87. The van der Waals surface area contributed by atoms with Crippen molar-refractivity contribution in [2.24, 2.45) is 0 Å². The van der Waals surface area contributed by atoms with E-state index < -0.39 is 7.65 Å². The molecular weight excluding hydrogens is 303 g/mol. The van der Waals surface area contributed by atoms with Crippen molar-refractivity contribution < 1.29 is 8.76 Å². The fraction of sp³-hybridized carbons (Fsp3) is 0.400. The molecule has 2 nitrogen and oxygen atoms in total. The summed E-state index contributed by atoms with van der Waals surface area (Å²) in [6, 6.07) is 12.4. The van der Waals surface area contributed by atoms with Crippen molar-refractivity contribution >= 4 is 29.1 Å². The molecule has 1 atom stereocenters. The lowest BCUT2D eigenvalue weighted by Crippen LogP contribution is -2.11. The molecule has 0 aliphatic heterocycles. The van der Waals surface area contributed by atoms with Gasteiger partial charge in [-0.3, -0.25) is 0 Å². The molecule has 0 N–H and O–H groups in total. The Morgan fingerprint density at radius 2 is 1.57 bits per heavy atom. The number of hydrogen-bond donors (Lipinski definition) is 0. The Hall–Kier alpha value is -1.66. The van der Waals surface area contributed by atoms with Gasteiger partial charge in [0.25, 0.3) is 0 Å². The second kappa shape index (κ2) is 5.18. The normalized spacial score (nSPS) is 13.7. The van der Waals surface area contributed by atoms with E-state index in [4.69, 9.17) is 4.20 Å². The van der Waals surface area contributed by atoms with Gasteiger partial charge in [0.05, 0.1) is 0 Å². The van der Waals surface area contributed by atoms with E-state index in [0.717, 1.165) is 27.0 Å². The maximum absolute atomic E-state index is 12.7. The molecule has 0 fully saturated rings. The predicted molar refractivity (Wildman–Crippen MR) is 98.7 cm³/mol. The molecule has 1 unspecified atom stereocenters. The van der Waals surface area contributed by atoms with Crippen LogP contribution in [-0.4, -0.2) is 0 Å². The van der Waals surface area contributed by atoms with Gasteiger partial charge in [-0.15, -0.1) is 0 Å². The first-order valence-electron chi connectivity index (χ1n) is 8.02. The summed E-state index contributed by atoms with van der Waals surface area (Å²) in [6.07, 6.45) is 0. The Morgan fingerprint density at radius 3 is 2.17 bits per heavy atom. The van der Waals surface area contributed by atoms with Crippen LogP contribution in [0.25, 0.3) is 21.5 Å². The quantitative estimate of drug-likeness (QED) is 0.419. The van der Waals surface area contributed by atoms with E-state index in [-0.39, 0.29) is 10.8 Å². The van der Waals surface area contributed by atoms with Gasteiger partial charge in [0.2, 0.25) is 5.12 Å². The maximum atomic E-state index is 12.7. The van der Waals surface area contributed by atoms with Crippen LogP contribution in [0.1, 0.15) is 52.7 Å². The van der Waals surface area contributed by atoms with Crippen LogP contribution < -0.4 is 0 Å². The summed E-state index contributed by atoms with van der Waals surface area (Å²) in [4.78, 5) is 0. The molecule has 3 heteroatoms. The summed E-state index contributed by atoms with van der Waals surface area (Å²) < 4.78 is 18.5. The molecule has 3 rings (SSSR count). The van der Waals surface area contributed by atoms with E-state index >= 15 is 0 Å². The van der Waals surface area contributed by atoms with Gasteiger partial charge in [-0.25, -0.2) is 4.20 Å². The van der Waals surface area contributed by atoms with Crippen LogP contribution in [0.4, 0.5) is 0 Å². The molecule has 0 spiro atoms. The van der Waals surface area contributed by atoms with Crippen molar-refractivity contribution in [3.63, 3.8) is 0 Å². The van der Waals surface area contributed by atoms with Gasteiger partial charge >= 0.3 is 7.65 Å². The second-order valence-corrected chi connectivity index (χ2v) is 9.41. The molecule has 0 aliphatic carbocycles. The van der Waals surface area contributed by atoms with Crippen molar-refractivity contribution in [3.05, 3.63) is 47.5 Å². The first-order chi connectivity index (χ1) is 10.6. The minimum absolute atomic E-state index is 0.0659. The van der Waals surface area contributed by atoms with Crippen LogP contribution >= 0.6 is 7.65 Å². The van der Waals surface area contributed by atoms with Crippen molar-refractivity contribution in [2.45, 2.75) is 52.4 Å². The smallest absolute Gasteiger partial charge is 0.250 e. The molecule has 0 saturated carbocycles. The molecule has 0 saturated heterocycles. The molecule has 3 aromatic rings. The zero-order valence-electron chi connectivity index (χ0n) is 14.7. The van der Waals surface area contributed by atoms with Gasteiger partial charge in [0, 0.05) is 16.3 Å². The summed E-state index contributed by atoms with van der Waals surface area (Å²) in [5.74, 6) is 0. The van der Waals surface area contributed by atoms with E-state index in [1.807, 2.05) is 6.07 Å². The molecule has 0 bridgehead atoms. The highest BCUT2D eigenvalue weighted by Gasteiger charge is 2.27. The topological polar surface area (TPSA) is 30.2 Å². The number of hydrogen-bond acceptors (Lipinski definition) is 2. The highest BCUT2D eigenvalue weighted by molar-refractivity contribution is 7.37. The third-order valence-electron chi connectivity index (χ3n) is 4.34. The second-order valence-electron chi connectivity index (χ2n) is 8.26. The SMILES string of the molecule is CC(C)(C)c1ccc2o[p+](=O)c3c(C(C)(C)C)cccc3c2c1. The molecule has 1 aromatic heterocycles. The number of fused-ring (bicyclic) bond motifs is 3. The van der Waals surface area contributed by atoms with Crippen LogP contribution in [0, 0.1) is 0 Å². The lowest BCUT2D eigenvalue weighted by Gasteiger charge is -2.20. The molecule has 2 aromatic carbocycles. The molecule has 0 amide bonds. The largest absolute Gasteiger partial charge is 0.598 e. The summed E-state index contributed by atoms with van der Waals surface area (Å²) in [5.41, 5.74) is 3.07. The molecule has 1 heterocycles. The molecule has 120 valence electrons. The highest BCUT2D eigenvalue weighted by atomic mass is 31.1. The van der Waals surface area contributed by atoms with Crippen LogP contribution in [0.15, 0.2) is 40.6 Å². The Bertz CT molecular complexity index is 953. The average Bonchev–Trinajstić information content (AvgIpc) is 2.44. The third-order valence-corrected chi connectivity index (χ3v) is 5.55. The third kappa shape index (κ3) is 2.81. The minimum atomic E-state index is -1.87. The van der Waals surface area contributed by atoms with Crippen molar-refractivity contribution in [2.75, 3.05) is 0 Å². The Labute approximate surface area is 138 Å². The van der Waals surface area contributed by atoms with Crippen LogP contribution in [-0.2, 0) is 15.4 Å². The van der Waals surface area contributed by atoms with Crippen molar-refractivity contribution in [3.8, 4) is 0 Å². The average molecular weight is 327 g/mol. The van der Waals surface area contributed by atoms with Gasteiger partial charge in [-0.2, -0.15) is 0 Å². The first-order valence-corrected chi connectivity index (χ1v) is 9.20. The fourth-order valence-corrected chi connectivity index (χ4v) is 4.41. The molecule has 0 radical (unpaired) electrons. The predicted octanol–water partition coefficient (Wildman–Crippen LogP) is 6.92. The Balaban J connectivity index is 2.49. The zero-order valence-corrected chi connectivity index (χ0v) is 15.6. The molecule has 23 heavy (non-hydrogen) atoms. The Kier molecular flexibility index (Phi) is 3.65. The van der Waals surface area contributed by atoms with Gasteiger partial charge in [0.1, 0.15) is 0 Å². The number of benzene rings is 2. The maximum Gasteiger partial charge on any atom is 0.598 e. The number of rotatable bonds is 0. The van der Waals surface area contributed by atoms with E-state index in [2.05, 4.69) is 71.9 Å². The molecular formula is C20H24O2P+. The van der Waals surface area contributed by atoms with Gasteiger partial charge < -0.3 is 0 Å². The zero-order chi connectivity index (χ0) is 17.0. The van der Waals surface area contributed by atoms with Crippen LogP contribution in [0.2, 0.25) is 0 Å². The van der Waals surface area contributed by atoms with Gasteiger partial charge in [-0.1, -0.05) is 59.7 Å². The van der Waals surface area contributed by atoms with Crippen LogP contribution in [0.3, 0.4) is 0 Å². The lowest BCUT2D eigenvalue weighted by molar-refractivity contribution is 0.561. The first kappa shape index (κ1) is 16.2. The summed E-state index contributed by atoms with van der Waals surface area (Å²) in [6.45, 7) is 13.0. The van der Waals surface area contributed by atoms with E-state index in [1.54, 1.807) is 0 Å². The highest BCUT2D eigenvalue weighted by Crippen LogP contribution is 2.42. The summed E-state index contributed by atoms with van der Waals surface area (Å²) >= 11 is 0. The Morgan fingerprint density at radius 1 is 0.870 bits per heavy atom. The fourth-order valence-electron chi connectivity index (χ4n) is 2.98. The minimum Gasteiger partial charge on any atom is -0.250 e. The van der Waals surface area contributed by atoms with Crippen molar-refractivity contribution in [1.29, 1.82) is 0 Å². The standard InChI is InChI=1S/C20H24O2P/c1-19(2,3)13-10-11-17-15(12-13)14-8-7-9-16(20(4,5)6)18(14)23(21)22-17/h7-12H,1-6H3/q+1. The van der Waals surface area contributed by atoms with E-state index in [1.165, 1.54) is 5.56 Å². The molecule has 0 aliphatic rings. The van der Waals surface area contributed by atoms with Gasteiger partial charge in [0.15, 0.2) is 5.58 Å². The lowest BCUT2D eigenvalue weighted by atomic mass is 9.85. The van der Waals surface area contributed by atoms with Gasteiger partial charge in [-0.05, 0) is 39.2 Å². The van der Waals surface area contributed by atoms with Crippen molar-refractivity contribution in [1.82, 2.24) is 0 Å². The monoisotopic (exact) mass is 327 g/mol. The van der Waals surface area contributed by atoms with E-state index in [0.29, 0.717) is 0 Å².